The van der Waals surface area contributed by atoms with Crippen LogP contribution in [0.5, 0.6) is 0 Å². The zero-order chi connectivity index (χ0) is 14.5. The van der Waals surface area contributed by atoms with Crippen LogP contribution in [0, 0.1) is 17.2 Å². The van der Waals surface area contributed by atoms with E-state index in [9.17, 15) is 13.6 Å². The molecule has 1 aliphatic rings. The van der Waals surface area contributed by atoms with Crippen LogP contribution in [0.25, 0.3) is 0 Å². The van der Waals surface area contributed by atoms with Gasteiger partial charge in [-0.15, -0.1) is 0 Å². The van der Waals surface area contributed by atoms with Gasteiger partial charge < -0.3 is 4.74 Å². The van der Waals surface area contributed by atoms with Gasteiger partial charge in [-0.3, -0.25) is 4.79 Å². The first-order valence-corrected chi connectivity index (χ1v) is 6.54. The van der Waals surface area contributed by atoms with Gasteiger partial charge in [0.25, 0.3) is 6.43 Å². The van der Waals surface area contributed by atoms with Crippen LogP contribution in [0.4, 0.5) is 8.78 Å². The Balaban J connectivity index is 1.89. The molecule has 0 unspecified atom stereocenters. The molecule has 1 aromatic carbocycles. The quantitative estimate of drug-likeness (QED) is 0.794. The Morgan fingerprint density at radius 2 is 2.25 bits per heavy atom. The molecule has 1 fully saturated rings. The molecule has 3 nitrogen and oxygen atoms in total. The second kappa shape index (κ2) is 6.47. The minimum Gasteiger partial charge on any atom is -0.462 e. The second-order valence-electron chi connectivity index (χ2n) is 4.97. The fourth-order valence-corrected chi connectivity index (χ4v) is 2.40. The number of hydrogen-bond acceptors (Lipinski definition) is 3. The van der Waals surface area contributed by atoms with E-state index in [1.54, 1.807) is 6.07 Å². The van der Waals surface area contributed by atoms with Crippen molar-refractivity contribution in [1.82, 2.24) is 0 Å². The van der Waals surface area contributed by atoms with Crippen molar-refractivity contribution in [2.45, 2.75) is 38.2 Å². The summed E-state index contributed by atoms with van der Waals surface area (Å²) in [6.07, 6.45) is -0.771. The highest BCUT2D eigenvalue weighted by molar-refractivity contribution is 5.72. The number of halogens is 2. The van der Waals surface area contributed by atoms with Gasteiger partial charge >= 0.3 is 5.97 Å². The second-order valence-corrected chi connectivity index (χ2v) is 4.97. The maximum absolute atomic E-state index is 12.5. The Morgan fingerprint density at radius 3 is 2.90 bits per heavy atom. The van der Waals surface area contributed by atoms with E-state index in [1.165, 1.54) is 18.2 Å². The minimum absolute atomic E-state index is 0.0196. The van der Waals surface area contributed by atoms with E-state index in [-0.39, 0.29) is 24.0 Å². The lowest BCUT2D eigenvalue weighted by Crippen LogP contribution is -2.17. The van der Waals surface area contributed by atoms with Crippen molar-refractivity contribution >= 4 is 5.97 Å². The number of benzene rings is 1. The number of hydrogen-bond donors (Lipinski definition) is 0. The number of ether oxygens (including phenoxy) is 1. The summed E-state index contributed by atoms with van der Waals surface area (Å²) >= 11 is 0. The molecule has 0 radical (unpaired) electrons. The maximum atomic E-state index is 12.5. The van der Waals surface area contributed by atoms with Crippen molar-refractivity contribution in [2.24, 2.45) is 5.92 Å². The van der Waals surface area contributed by atoms with Crippen LogP contribution < -0.4 is 0 Å². The van der Waals surface area contributed by atoms with E-state index >= 15 is 0 Å². The summed E-state index contributed by atoms with van der Waals surface area (Å²) < 4.78 is 30.4. The fraction of sp³-hybridized carbons (Fsp3) is 0.467. The standard InChI is InChI=1S/C15H15F2NO2/c16-15(17)12-3-1-2-10(6-12)8-14(19)20-13-5-4-11(7-13)9-18/h1-3,6,11,13,15H,4-5,7-8H2/t11-,13-/m1/s1. The van der Waals surface area contributed by atoms with Crippen molar-refractivity contribution < 1.29 is 18.3 Å². The highest BCUT2D eigenvalue weighted by atomic mass is 19.3. The SMILES string of the molecule is N#C[C@@H]1CC[C@@H](OC(=O)Cc2cccc(C(F)F)c2)C1. The lowest BCUT2D eigenvalue weighted by atomic mass is 10.1. The summed E-state index contributed by atoms with van der Waals surface area (Å²) in [7, 11) is 0. The molecule has 0 aromatic heterocycles. The summed E-state index contributed by atoms with van der Waals surface area (Å²) in [5, 5.41) is 8.77. The summed E-state index contributed by atoms with van der Waals surface area (Å²) in [5.41, 5.74) is 0.420. The van der Waals surface area contributed by atoms with Gasteiger partial charge in [0.1, 0.15) is 6.10 Å². The first kappa shape index (κ1) is 14.4. The summed E-state index contributed by atoms with van der Waals surface area (Å²) in [5.74, 6) is -0.477. The van der Waals surface area contributed by atoms with Crippen molar-refractivity contribution in [2.75, 3.05) is 0 Å². The predicted molar refractivity (Wildman–Crippen MR) is 67.9 cm³/mol. The van der Waals surface area contributed by atoms with Crippen LogP contribution in [0.15, 0.2) is 24.3 Å². The van der Waals surface area contributed by atoms with E-state index in [4.69, 9.17) is 10.00 Å². The maximum Gasteiger partial charge on any atom is 0.310 e. The van der Waals surface area contributed by atoms with Crippen molar-refractivity contribution in [3.63, 3.8) is 0 Å². The summed E-state index contributed by atoms with van der Waals surface area (Å²) in [6, 6.07) is 7.94. The number of carbonyl (C=O) groups excluding carboxylic acids is 1. The molecular weight excluding hydrogens is 264 g/mol. The molecule has 0 N–H and O–H groups in total. The van der Waals surface area contributed by atoms with Gasteiger partial charge in [-0.1, -0.05) is 18.2 Å². The first-order valence-electron chi connectivity index (χ1n) is 6.54. The Morgan fingerprint density at radius 1 is 1.45 bits per heavy atom. The van der Waals surface area contributed by atoms with Crippen LogP contribution in [-0.4, -0.2) is 12.1 Å². The van der Waals surface area contributed by atoms with Gasteiger partial charge in [-0.25, -0.2) is 8.78 Å². The summed E-state index contributed by atoms with van der Waals surface area (Å²) in [6.45, 7) is 0. The molecule has 20 heavy (non-hydrogen) atoms. The normalized spacial score (nSPS) is 21.7. The molecular formula is C15H15F2NO2. The number of carbonyl (C=O) groups is 1. The monoisotopic (exact) mass is 279 g/mol. The van der Waals surface area contributed by atoms with Crippen LogP contribution in [0.3, 0.4) is 0 Å². The van der Waals surface area contributed by atoms with Gasteiger partial charge in [0.05, 0.1) is 12.5 Å². The van der Waals surface area contributed by atoms with E-state index in [1.807, 2.05) is 0 Å². The molecule has 0 amide bonds. The van der Waals surface area contributed by atoms with E-state index < -0.39 is 12.4 Å². The molecule has 2 atom stereocenters. The number of alkyl halides is 2. The Hall–Kier alpha value is -1.96. The average Bonchev–Trinajstić information content (AvgIpc) is 2.86. The molecule has 1 saturated carbocycles. The van der Waals surface area contributed by atoms with Crippen LogP contribution in [0.1, 0.15) is 36.8 Å². The fourth-order valence-electron chi connectivity index (χ4n) is 2.40. The van der Waals surface area contributed by atoms with E-state index in [2.05, 4.69) is 6.07 Å². The first-order chi connectivity index (χ1) is 9.58. The topological polar surface area (TPSA) is 50.1 Å². The molecule has 2 rings (SSSR count). The molecule has 1 aliphatic carbocycles. The third-order valence-corrected chi connectivity index (χ3v) is 3.42. The smallest absolute Gasteiger partial charge is 0.310 e. The number of nitrogens with zero attached hydrogens (tertiary/aromatic N) is 1. The minimum atomic E-state index is -2.54. The Labute approximate surface area is 116 Å². The third-order valence-electron chi connectivity index (χ3n) is 3.42. The van der Waals surface area contributed by atoms with Gasteiger partial charge in [0.15, 0.2) is 0 Å². The van der Waals surface area contributed by atoms with Gasteiger partial charge in [-0.05, 0) is 24.5 Å². The van der Waals surface area contributed by atoms with Crippen molar-refractivity contribution in [3.8, 4) is 6.07 Å². The average molecular weight is 279 g/mol. The molecule has 0 bridgehead atoms. The largest absolute Gasteiger partial charge is 0.462 e. The molecule has 0 aliphatic heterocycles. The lowest BCUT2D eigenvalue weighted by Gasteiger charge is -2.11. The van der Waals surface area contributed by atoms with Crippen LogP contribution in [0.2, 0.25) is 0 Å². The predicted octanol–water partition coefficient (Wildman–Crippen LogP) is 3.40. The zero-order valence-corrected chi connectivity index (χ0v) is 10.9. The van der Waals surface area contributed by atoms with Crippen molar-refractivity contribution in [1.29, 1.82) is 5.26 Å². The molecule has 106 valence electrons. The molecule has 5 heteroatoms. The van der Waals surface area contributed by atoms with E-state index in [0.29, 0.717) is 18.4 Å². The third kappa shape index (κ3) is 3.77. The van der Waals surface area contributed by atoms with Crippen LogP contribution >= 0.6 is 0 Å². The molecule has 0 saturated heterocycles. The van der Waals surface area contributed by atoms with E-state index in [0.717, 1.165) is 6.42 Å². The molecule has 1 aromatic rings. The van der Waals surface area contributed by atoms with Gasteiger partial charge in [0, 0.05) is 17.9 Å². The van der Waals surface area contributed by atoms with Crippen molar-refractivity contribution in [3.05, 3.63) is 35.4 Å². The number of nitriles is 1. The Bertz CT molecular complexity index is 525. The highest BCUT2D eigenvalue weighted by Gasteiger charge is 2.27. The number of rotatable bonds is 4. The van der Waals surface area contributed by atoms with Crippen LogP contribution in [-0.2, 0) is 16.0 Å². The lowest BCUT2D eigenvalue weighted by molar-refractivity contribution is -0.147. The number of esters is 1. The van der Waals surface area contributed by atoms with Gasteiger partial charge in [0.2, 0.25) is 0 Å². The van der Waals surface area contributed by atoms with Gasteiger partial charge in [-0.2, -0.15) is 5.26 Å². The molecule has 0 heterocycles. The zero-order valence-electron chi connectivity index (χ0n) is 10.9. The molecule has 0 spiro atoms. The Kier molecular flexibility index (Phi) is 4.67. The summed E-state index contributed by atoms with van der Waals surface area (Å²) in [4.78, 5) is 11.8. The highest BCUT2D eigenvalue weighted by Crippen LogP contribution is 2.27.